The number of rotatable bonds is 8. The number of pyridine rings is 1. The summed E-state index contributed by atoms with van der Waals surface area (Å²) in [7, 11) is 2.59. The lowest BCUT2D eigenvalue weighted by Gasteiger charge is -2.23. The normalized spacial score (nSPS) is 11.8. The van der Waals surface area contributed by atoms with Crippen molar-refractivity contribution in [3.8, 4) is 22.5 Å². The third kappa shape index (κ3) is 6.42. The third-order valence-corrected chi connectivity index (χ3v) is 6.52. The van der Waals surface area contributed by atoms with E-state index >= 15 is 0 Å². The standard InChI is InChI=1S/C30H27F4N3O5/c1-29(2,28(40)41-4)37-25(38)18-7-5-6-17(14-18)20-15-21-23(26(39)35-3)24(16-8-10-19(31)11-9-16)42-27(21)36-22(20)12-13-30(32,33)34/h5-11,14-15H,12-13H2,1-4H3,(H,35,39)(H,37,38). The molecule has 4 aromatic rings. The number of aromatic nitrogens is 1. The van der Waals surface area contributed by atoms with Crippen LogP contribution in [0.5, 0.6) is 0 Å². The number of esters is 1. The van der Waals surface area contributed by atoms with Gasteiger partial charge in [0, 0.05) is 30.2 Å². The summed E-state index contributed by atoms with van der Waals surface area (Å²) in [5, 5.41) is 5.30. The first-order valence-corrected chi connectivity index (χ1v) is 12.8. The SMILES string of the molecule is CNC(=O)c1c(-c2ccc(F)cc2)oc2nc(CCC(F)(F)F)c(-c3cccc(C(=O)NC(C)(C)C(=O)OC)c3)cc12. The highest BCUT2D eigenvalue weighted by Gasteiger charge is 2.32. The number of methoxy groups -OCH3 is 1. The lowest BCUT2D eigenvalue weighted by Crippen LogP contribution is -2.50. The Morgan fingerprint density at radius 1 is 0.976 bits per heavy atom. The number of hydrogen-bond donors (Lipinski definition) is 2. The zero-order valence-electron chi connectivity index (χ0n) is 23.1. The lowest BCUT2D eigenvalue weighted by atomic mass is 9.96. The molecule has 0 saturated carbocycles. The van der Waals surface area contributed by atoms with Gasteiger partial charge in [-0.3, -0.25) is 9.59 Å². The molecule has 2 N–H and O–H groups in total. The van der Waals surface area contributed by atoms with Crippen LogP contribution in [0.15, 0.2) is 59.0 Å². The summed E-state index contributed by atoms with van der Waals surface area (Å²) in [5.41, 5.74) is -0.282. The molecule has 12 heteroatoms. The van der Waals surface area contributed by atoms with Crippen molar-refractivity contribution in [1.82, 2.24) is 15.6 Å². The molecule has 0 radical (unpaired) electrons. The molecule has 0 aliphatic rings. The number of alkyl halides is 3. The number of carbonyl (C=O) groups excluding carboxylic acids is 3. The summed E-state index contributed by atoms with van der Waals surface area (Å²) in [5.74, 6) is -2.29. The Kier molecular flexibility index (Phi) is 8.37. The first-order valence-electron chi connectivity index (χ1n) is 12.8. The van der Waals surface area contributed by atoms with Crippen LogP contribution >= 0.6 is 0 Å². The van der Waals surface area contributed by atoms with Crippen LogP contribution < -0.4 is 10.6 Å². The maximum absolute atomic E-state index is 13.6. The van der Waals surface area contributed by atoms with Gasteiger partial charge in [0.2, 0.25) is 5.71 Å². The van der Waals surface area contributed by atoms with Crippen LogP contribution in [0.25, 0.3) is 33.6 Å². The molecule has 2 aromatic heterocycles. The largest absolute Gasteiger partial charge is 0.467 e. The Balaban J connectivity index is 1.89. The number of halogens is 4. The monoisotopic (exact) mass is 585 g/mol. The number of hydrogen-bond acceptors (Lipinski definition) is 6. The summed E-state index contributed by atoms with van der Waals surface area (Å²) >= 11 is 0. The highest BCUT2D eigenvalue weighted by molar-refractivity contribution is 6.11. The van der Waals surface area contributed by atoms with Gasteiger partial charge in [0.15, 0.2) is 0 Å². The van der Waals surface area contributed by atoms with Gasteiger partial charge in [0.1, 0.15) is 17.1 Å². The minimum Gasteiger partial charge on any atom is -0.467 e. The Bertz CT molecular complexity index is 1660. The fourth-order valence-electron chi connectivity index (χ4n) is 4.41. The van der Waals surface area contributed by atoms with Crippen molar-refractivity contribution in [3.63, 3.8) is 0 Å². The van der Waals surface area contributed by atoms with Gasteiger partial charge in [-0.2, -0.15) is 13.2 Å². The Hall–Kier alpha value is -4.74. The zero-order chi connectivity index (χ0) is 30.8. The Labute approximate surface area is 238 Å². The van der Waals surface area contributed by atoms with E-state index in [4.69, 9.17) is 9.15 Å². The number of nitrogens with zero attached hydrogens (tertiary/aromatic N) is 1. The van der Waals surface area contributed by atoms with E-state index in [0.717, 1.165) is 0 Å². The first-order chi connectivity index (χ1) is 19.7. The molecule has 0 fully saturated rings. The van der Waals surface area contributed by atoms with Crippen LogP contribution in [0.2, 0.25) is 0 Å². The average Bonchev–Trinajstić information content (AvgIpc) is 3.32. The van der Waals surface area contributed by atoms with Crippen molar-refractivity contribution in [3.05, 3.63) is 77.2 Å². The first kappa shape index (κ1) is 30.2. The molecular formula is C30H27F4N3O5. The second-order valence-electron chi connectivity index (χ2n) is 9.99. The van der Waals surface area contributed by atoms with E-state index in [1.54, 1.807) is 6.07 Å². The molecule has 0 bridgehead atoms. The predicted octanol–water partition coefficient (Wildman–Crippen LogP) is 5.84. The summed E-state index contributed by atoms with van der Waals surface area (Å²) < 4.78 is 64.0. The second-order valence-corrected chi connectivity index (χ2v) is 9.99. The van der Waals surface area contributed by atoms with Crippen molar-refractivity contribution in [2.45, 2.75) is 38.4 Å². The molecule has 2 aromatic carbocycles. The molecule has 0 spiro atoms. The van der Waals surface area contributed by atoms with Crippen molar-refractivity contribution in [1.29, 1.82) is 0 Å². The molecule has 2 heterocycles. The lowest BCUT2D eigenvalue weighted by molar-refractivity contribution is -0.146. The highest BCUT2D eigenvalue weighted by Crippen LogP contribution is 2.37. The maximum atomic E-state index is 13.6. The average molecular weight is 586 g/mol. The summed E-state index contributed by atoms with van der Waals surface area (Å²) in [6.45, 7) is 2.93. The zero-order valence-corrected chi connectivity index (χ0v) is 23.1. The quantitative estimate of drug-likeness (QED) is 0.199. The van der Waals surface area contributed by atoms with Gasteiger partial charge in [-0.1, -0.05) is 12.1 Å². The van der Waals surface area contributed by atoms with Gasteiger partial charge < -0.3 is 19.8 Å². The Morgan fingerprint density at radius 2 is 1.67 bits per heavy atom. The topological polar surface area (TPSA) is 111 Å². The number of aryl methyl sites for hydroxylation is 1. The second kappa shape index (κ2) is 11.6. The predicted molar refractivity (Wildman–Crippen MR) is 146 cm³/mol. The van der Waals surface area contributed by atoms with Gasteiger partial charge >= 0.3 is 12.1 Å². The maximum Gasteiger partial charge on any atom is 0.389 e. The number of furan rings is 1. The van der Waals surface area contributed by atoms with Crippen LogP contribution in [-0.4, -0.2) is 48.6 Å². The number of ether oxygens (including phenoxy) is 1. The van der Waals surface area contributed by atoms with Crippen LogP contribution in [0.3, 0.4) is 0 Å². The van der Waals surface area contributed by atoms with Crippen LogP contribution in [0.1, 0.15) is 46.7 Å². The van der Waals surface area contributed by atoms with Gasteiger partial charge in [0.05, 0.1) is 23.8 Å². The molecule has 42 heavy (non-hydrogen) atoms. The van der Waals surface area contributed by atoms with E-state index in [0.29, 0.717) is 11.1 Å². The molecule has 0 aliphatic heterocycles. The molecule has 0 saturated heterocycles. The van der Waals surface area contributed by atoms with Crippen LogP contribution in [-0.2, 0) is 16.0 Å². The third-order valence-electron chi connectivity index (χ3n) is 6.52. The molecule has 220 valence electrons. The van der Waals surface area contributed by atoms with Gasteiger partial charge in [0.25, 0.3) is 11.8 Å². The van der Waals surface area contributed by atoms with Crippen molar-refractivity contribution in [2.75, 3.05) is 14.2 Å². The molecule has 0 aliphatic carbocycles. The fourth-order valence-corrected chi connectivity index (χ4v) is 4.41. The van der Waals surface area contributed by atoms with Gasteiger partial charge in [-0.25, -0.2) is 14.2 Å². The van der Waals surface area contributed by atoms with E-state index in [1.165, 1.54) is 76.5 Å². The summed E-state index contributed by atoms with van der Waals surface area (Å²) in [6.07, 6.45) is -6.17. The summed E-state index contributed by atoms with van der Waals surface area (Å²) in [6, 6.07) is 12.7. The van der Waals surface area contributed by atoms with E-state index < -0.39 is 48.2 Å². The van der Waals surface area contributed by atoms with Gasteiger partial charge in [-0.15, -0.1) is 0 Å². The number of nitrogens with one attached hydrogen (secondary N) is 2. The van der Waals surface area contributed by atoms with Crippen molar-refractivity contribution < 1.29 is 41.1 Å². The van der Waals surface area contributed by atoms with Crippen molar-refractivity contribution in [2.24, 2.45) is 0 Å². The number of benzene rings is 2. The van der Waals surface area contributed by atoms with Crippen LogP contribution in [0.4, 0.5) is 17.6 Å². The summed E-state index contributed by atoms with van der Waals surface area (Å²) in [4.78, 5) is 42.4. The van der Waals surface area contributed by atoms with Crippen molar-refractivity contribution >= 4 is 28.9 Å². The molecular weight excluding hydrogens is 558 g/mol. The highest BCUT2D eigenvalue weighted by atomic mass is 19.4. The molecule has 2 amide bonds. The number of carbonyl (C=O) groups is 3. The fraction of sp³-hybridized carbons (Fsp3) is 0.267. The molecule has 0 atom stereocenters. The van der Waals surface area contributed by atoms with E-state index in [1.807, 2.05) is 0 Å². The Morgan fingerprint density at radius 3 is 2.29 bits per heavy atom. The smallest absolute Gasteiger partial charge is 0.389 e. The van der Waals surface area contributed by atoms with E-state index in [9.17, 15) is 31.9 Å². The molecule has 8 nitrogen and oxygen atoms in total. The van der Waals surface area contributed by atoms with Crippen LogP contribution in [0, 0.1) is 5.82 Å². The molecule has 0 unspecified atom stereocenters. The van der Waals surface area contributed by atoms with E-state index in [2.05, 4.69) is 15.6 Å². The minimum atomic E-state index is -4.48. The number of amides is 2. The number of fused-ring (bicyclic) bond motifs is 1. The molecule has 4 rings (SSSR count). The van der Waals surface area contributed by atoms with Gasteiger partial charge in [-0.05, 0) is 68.3 Å². The van der Waals surface area contributed by atoms with E-state index in [-0.39, 0.29) is 39.2 Å². The minimum absolute atomic E-state index is 0.0233.